The lowest BCUT2D eigenvalue weighted by molar-refractivity contribution is -0.146. The monoisotopic (exact) mass is 501 g/mol. The number of methoxy groups -OCH3 is 2. The van der Waals surface area contributed by atoms with E-state index in [2.05, 4.69) is 4.98 Å². The number of esters is 1. The minimum atomic E-state index is -4.60. The van der Waals surface area contributed by atoms with Gasteiger partial charge in [-0.15, -0.1) is 0 Å². The number of piperidine rings is 1. The summed E-state index contributed by atoms with van der Waals surface area (Å²) in [4.78, 5) is 32.1. The molecule has 2 fully saturated rings. The molecule has 0 unspecified atom stereocenters. The molecular weight excluding hydrogens is 467 g/mol. The fraction of sp³-hybridized carbons (Fsp3) is 0.708. The number of ether oxygens (including phenoxy) is 3. The Morgan fingerprint density at radius 2 is 1.74 bits per heavy atom. The molecule has 3 heterocycles. The Balaban J connectivity index is 1.93. The fourth-order valence-corrected chi connectivity index (χ4v) is 4.74. The van der Waals surface area contributed by atoms with Crippen molar-refractivity contribution in [3.63, 3.8) is 0 Å². The minimum Gasteiger partial charge on any atom is -0.469 e. The van der Waals surface area contributed by atoms with Crippen LogP contribution >= 0.6 is 0 Å². The van der Waals surface area contributed by atoms with Crippen molar-refractivity contribution in [1.29, 1.82) is 0 Å². The van der Waals surface area contributed by atoms with Gasteiger partial charge in [0, 0.05) is 50.7 Å². The van der Waals surface area contributed by atoms with Crippen LogP contribution in [0.15, 0.2) is 12.1 Å². The number of carbonyl (C=O) groups is 2. The lowest BCUT2D eigenvalue weighted by Gasteiger charge is -2.34. The molecule has 2 aliphatic rings. The topological polar surface area (TPSA) is 81.2 Å². The first-order valence-corrected chi connectivity index (χ1v) is 11.7. The number of hydrogen-bond donors (Lipinski definition) is 0. The minimum absolute atomic E-state index is 0.141. The van der Waals surface area contributed by atoms with Gasteiger partial charge in [-0.25, -0.2) is 9.78 Å². The molecule has 0 radical (unpaired) electrons. The number of hydrogen-bond acceptors (Lipinski definition) is 7. The summed E-state index contributed by atoms with van der Waals surface area (Å²) in [5, 5.41) is 0. The molecule has 0 bridgehead atoms. The lowest BCUT2D eigenvalue weighted by Crippen LogP contribution is -2.38. The number of amides is 1. The zero-order chi connectivity index (χ0) is 26.0. The van der Waals surface area contributed by atoms with Crippen LogP contribution < -0.4 is 4.90 Å². The van der Waals surface area contributed by atoms with Crippen molar-refractivity contribution in [2.24, 2.45) is 11.8 Å². The van der Waals surface area contributed by atoms with Crippen LogP contribution in [-0.4, -0.2) is 74.6 Å². The molecule has 11 heteroatoms. The molecule has 2 saturated heterocycles. The number of pyridine rings is 1. The van der Waals surface area contributed by atoms with Crippen LogP contribution in [0.3, 0.4) is 0 Å². The lowest BCUT2D eigenvalue weighted by atomic mass is 9.88. The molecule has 1 aromatic heterocycles. The first-order chi connectivity index (χ1) is 16.3. The molecule has 1 aromatic rings. The molecule has 2 aliphatic heterocycles. The highest BCUT2D eigenvalue weighted by Crippen LogP contribution is 2.40. The smallest absolute Gasteiger partial charge is 0.433 e. The van der Waals surface area contributed by atoms with E-state index in [4.69, 9.17) is 14.2 Å². The fourth-order valence-electron chi connectivity index (χ4n) is 4.74. The Hall–Kier alpha value is -2.56. The summed E-state index contributed by atoms with van der Waals surface area (Å²) in [6.07, 6.45) is -4.15. The first kappa shape index (κ1) is 27.0. The standard InChI is InChI=1S/C24H34F3N3O5/c1-23(2,3)35-22(32)30-12-16(14-33-4)18(13-30)17-6-7-19(24(25,26)27)28-20(17)29-10-8-15(9-11-29)21(31)34-5/h6-7,15-16,18H,8-14H2,1-5H3/t16-,18+/m1/s1. The van der Waals surface area contributed by atoms with Crippen LogP contribution in [0, 0.1) is 11.8 Å². The molecule has 0 aliphatic carbocycles. The third-order valence-corrected chi connectivity index (χ3v) is 6.40. The van der Waals surface area contributed by atoms with Gasteiger partial charge in [0.15, 0.2) is 0 Å². The summed E-state index contributed by atoms with van der Waals surface area (Å²) in [5.74, 6) is -0.796. The van der Waals surface area contributed by atoms with Gasteiger partial charge in [-0.3, -0.25) is 4.79 Å². The van der Waals surface area contributed by atoms with Crippen LogP contribution in [0.5, 0.6) is 0 Å². The predicted molar refractivity (Wildman–Crippen MR) is 122 cm³/mol. The Bertz CT molecular complexity index is 911. The number of likely N-dealkylation sites (tertiary alicyclic amines) is 1. The number of carbonyl (C=O) groups excluding carboxylic acids is 2. The first-order valence-electron chi connectivity index (χ1n) is 11.7. The van der Waals surface area contributed by atoms with Crippen molar-refractivity contribution in [2.45, 2.75) is 51.3 Å². The van der Waals surface area contributed by atoms with E-state index in [9.17, 15) is 22.8 Å². The van der Waals surface area contributed by atoms with E-state index in [-0.39, 0.29) is 36.1 Å². The van der Waals surface area contributed by atoms with Crippen molar-refractivity contribution in [2.75, 3.05) is 51.9 Å². The van der Waals surface area contributed by atoms with Gasteiger partial charge in [-0.2, -0.15) is 13.2 Å². The maximum atomic E-state index is 13.5. The zero-order valence-corrected chi connectivity index (χ0v) is 20.9. The molecule has 0 saturated carbocycles. The van der Waals surface area contributed by atoms with E-state index in [1.54, 1.807) is 37.7 Å². The molecule has 0 spiro atoms. The summed E-state index contributed by atoms with van der Waals surface area (Å²) < 4.78 is 56.4. The number of anilines is 1. The summed E-state index contributed by atoms with van der Waals surface area (Å²) >= 11 is 0. The van der Waals surface area contributed by atoms with Gasteiger partial charge in [0.1, 0.15) is 17.1 Å². The van der Waals surface area contributed by atoms with Crippen LogP contribution in [0.4, 0.5) is 23.8 Å². The Morgan fingerprint density at radius 1 is 1.09 bits per heavy atom. The van der Waals surface area contributed by atoms with Crippen LogP contribution in [-0.2, 0) is 25.2 Å². The number of alkyl halides is 3. The molecule has 2 atom stereocenters. The largest absolute Gasteiger partial charge is 0.469 e. The van der Waals surface area contributed by atoms with Crippen molar-refractivity contribution in [1.82, 2.24) is 9.88 Å². The van der Waals surface area contributed by atoms with Crippen molar-refractivity contribution >= 4 is 17.9 Å². The summed E-state index contributed by atoms with van der Waals surface area (Å²) in [6, 6.07) is 2.45. The number of rotatable bonds is 5. The highest BCUT2D eigenvalue weighted by Gasteiger charge is 2.41. The van der Waals surface area contributed by atoms with Crippen molar-refractivity contribution in [3.05, 3.63) is 23.4 Å². The summed E-state index contributed by atoms with van der Waals surface area (Å²) in [7, 11) is 2.88. The van der Waals surface area contributed by atoms with Gasteiger partial charge in [-0.05, 0) is 39.7 Å². The average molecular weight is 502 g/mol. The van der Waals surface area contributed by atoms with Crippen LogP contribution in [0.2, 0.25) is 0 Å². The van der Waals surface area contributed by atoms with E-state index in [1.807, 2.05) is 0 Å². The average Bonchev–Trinajstić information content (AvgIpc) is 3.21. The molecule has 1 amide bonds. The second-order valence-corrected chi connectivity index (χ2v) is 10.1. The molecule has 35 heavy (non-hydrogen) atoms. The third-order valence-electron chi connectivity index (χ3n) is 6.40. The molecule has 0 aromatic carbocycles. The third kappa shape index (κ3) is 6.56. The Kier molecular flexibility index (Phi) is 8.18. The Labute approximate surface area is 203 Å². The molecular formula is C24H34F3N3O5. The maximum absolute atomic E-state index is 13.5. The second-order valence-electron chi connectivity index (χ2n) is 10.1. The van der Waals surface area contributed by atoms with Gasteiger partial charge in [0.25, 0.3) is 0 Å². The van der Waals surface area contributed by atoms with Crippen LogP contribution in [0.25, 0.3) is 0 Å². The van der Waals surface area contributed by atoms with Gasteiger partial charge in [-0.1, -0.05) is 6.07 Å². The normalized spacial score (nSPS) is 21.8. The predicted octanol–water partition coefficient (Wildman–Crippen LogP) is 4.09. The SMILES string of the molecule is COC[C@H]1CN(C(=O)OC(C)(C)C)C[C@@H]1c1ccc(C(F)(F)F)nc1N1CCC(C(=O)OC)CC1. The van der Waals surface area contributed by atoms with E-state index in [0.717, 1.165) is 6.07 Å². The van der Waals surface area contributed by atoms with Crippen molar-refractivity contribution < 1.29 is 37.0 Å². The van der Waals surface area contributed by atoms with E-state index in [0.29, 0.717) is 44.6 Å². The highest BCUT2D eigenvalue weighted by molar-refractivity contribution is 5.73. The van der Waals surface area contributed by atoms with Gasteiger partial charge in [0.2, 0.25) is 0 Å². The number of aromatic nitrogens is 1. The van der Waals surface area contributed by atoms with E-state index >= 15 is 0 Å². The second kappa shape index (κ2) is 10.6. The molecule has 0 N–H and O–H groups in total. The van der Waals surface area contributed by atoms with Crippen molar-refractivity contribution in [3.8, 4) is 0 Å². The highest BCUT2D eigenvalue weighted by atomic mass is 19.4. The Morgan fingerprint density at radius 3 is 2.29 bits per heavy atom. The summed E-state index contributed by atoms with van der Waals surface area (Å²) in [5.41, 5.74) is -1.02. The quantitative estimate of drug-likeness (QED) is 0.563. The van der Waals surface area contributed by atoms with E-state index in [1.165, 1.54) is 13.2 Å². The number of nitrogens with zero attached hydrogens (tertiary/aromatic N) is 3. The molecule has 196 valence electrons. The van der Waals surface area contributed by atoms with Gasteiger partial charge in [0.05, 0.1) is 19.6 Å². The van der Waals surface area contributed by atoms with Gasteiger partial charge < -0.3 is 24.0 Å². The summed E-state index contributed by atoms with van der Waals surface area (Å²) in [6.45, 7) is 7.05. The van der Waals surface area contributed by atoms with E-state index < -0.39 is 23.6 Å². The maximum Gasteiger partial charge on any atom is 0.433 e. The van der Waals surface area contributed by atoms with Gasteiger partial charge >= 0.3 is 18.2 Å². The van der Waals surface area contributed by atoms with Crippen LogP contribution in [0.1, 0.15) is 50.8 Å². The number of halogens is 3. The zero-order valence-electron chi connectivity index (χ0n) is 20.9. The molecule has 3 rings (SSSR count). The molecule has 8 nitrogen and oxygen atoms in total.